The minimum atomic E-state index is -0.391. The molecule has 0 aromatic heterocycles. The molecule has 1 aromatic carbocycles. The van der Waals surface area contributed by atoms with Crippen LogP contribution in [0.5, 0.6) is 0 Å². The summed E-state index contributed by atoms with van der Waals surface area (Å²) in [5, 5.41) is 2.87. The number of rotatable bonds is 7. The molecule has 1 amide bonds. The van der Waals surface area contributed by atoms with Crippen LogP contribution in [0.15, 0.2) is 24.3 Å². The topological polar surface area (TPSA) is 41.6 Å². The van der Waals surface area contributed by atoms with Crippen LogP contribution in [0, 0.1) is 0 Å². The third kappa shape index (κ3) is 5.85. The molecular formula is C15H24N2O2. The van der Waals surface area contributed by atoms with Crippen molar-refractivity contribution in [1.29, 1.82) is 0 Å². The van der Waals surface area contributed by atoms with Gasteiger partial charge >= 0.3 is 0 Å². The zero-order valence-electron chi connectivity index (χ0n) is 12.3. The maximum atomic E-state index is 11.7. The summed E-state index contributed by atoms with van der Waals surface area (Å²) >= 11 is 0. The van der Waals surface area contributed by atoms with E-state index >= 15 is 0 Å². The van der Waals surface area contributed by atoms with Crippen LogP contribution in [0.25, 0.3) is 0 Å². The van der Waals surface area contributed by atoms with E-state index in [2.05, 4.69) is 22.3 Å². The maximum Gasteiger partial charge on any atom is 0.249 e. The van der Waals surface area contributed by atoms with Gasteiger partial charge in [-0.1, -0.05) is 24.3 Å². The van der Waals surface area contributed by atoms with Gasteiger partial charge in [-0.15, -0.1) is 0 Å². The number of carbonyl (C=O) groups is 1. The molecule has 0 unspecified atom stereocenters. The van der Waals surface area contributed by atoms with Crippen LogP contribution >= 0.6 is 0 Å². The standard InChI is InChI=1S/C15H24N2O2/c1-5-19-12(2)15(18)16-10-13-6-8-14(9-7-13)11-17(3)4/h6-9,12H,5,10-11H2,1-4H3,(H,16,18)/t12-/m0/s1. The monoisotopic (exact) mass is 264 g/mol. The first kappa shape index (κ1) is 15.7. The van der Waals surface area contributed by atoms with Crippen LogP contribution < -0.4 is 5.32 Å². The van der Waals surface area contributed by atoms with Gasteiger partial charge in [0.1, 0.15) is 6.10 Å². The van der Waals surface area contributed by atoms with Gasteiger partial charge in [0.15, 0.2) is 0 Å². The van der Waals surface area contributed by atoms with Gasteiger partial charge in [0.05, 0.1) is 0 Å². The zero-order chi connectivity index (χ0) is 14.3. The first-order chi connectivity index (χ1) is 9.02. The number of benzene rings is 1. The summed E-state index contributed by atoms with van der Waals surface area (Å²) in [6.45, 7) is 5.66. The molecule has 4 nitrogen and oxygen atoms in total. The Kier molecular flexibility index (Phi) is 6.53. The van der Waals surface area contributed by atoms with Gasteiger partial charge in [0.25, 0.3) is 0 Å². The van der Waals surface area contributed by atoms with Crippen molar-refractivity contribution >= 4 is 5.91 Å². The Morgan fingerprint density at radius 3 is 2.37 bits per heavy atom. The summed E-state index contributed by atoms with van der Waals surface area (Å²) in [6.07, 6.45) is -0.391. The maximum absolute atomic E-state index is 11.7. The van der Waals surface area contributed by atoms with Crippen LogP contribution in [-0.4, -0.2) is 37.6 Å². The van der Waals surface area contributed by atoms with Crippen LogP contribution in [0.2, 0.25) is 0 Å². The van der Waals surface area contributed by atoms with Crippen molar-refractivity contribution in [3.63, 3.8) is 0 Å². The lowest BCUT2D eigenvalue weighted by atomic mass is 10.1. The molecule has 0 spiro atoms. The fourth-order valence-electron chi connectivity index (χ4n) is 1.79. The van der Waals surface area contributed by atoms with Crippen LogP contribution in [0.3, 0.4) is 0 Å². The SMILES string of the molecule is CCO[C@@H](C)C(=O)NCc1ccc(CN(C)C)cc1. The molecule has 0 aliphatic rings. The molecule has 0 saturated heterocycles. The summed E-state index contributed by atoms with van der Waals surface area (Å²) in [5.74, 6) is -0.0702. The molecule has 0 heterocycles. The fraction of sp³-hybridized carbons (Fsp3) is 0.533. The van der Waals surface area contributed by atoms with Crippen molar-refractivity contribution in [3.05, 3.63) is 35.4 Å². The smallest absolute Gasteiger partial charge is 0.249 e. The summed E-state index contributed by atoms with van der Waals surface area (Å²) in [4.78, 5) is 13.8. The van der Waals surface area contributed by atoms with Crippen molar-refractivity contribution < 1.29 is 9.53 Å². The van der Waals surface area contributed by atoms with E-state index in [1.54, 1.807) is 6.92 Å². The van der Waals surface area contributed by atoms with E-state index in [4.69, 9.17) is 4.74 Å². The normalized spacial score (nSPS) is 12.5. The van der Waals surface area contributed by atoms with Crippen molar-refractivity contribution in [1.82, 2.24) is 10.2 Å². The average Bonchev–Trinajstić information content (AvgIpc) is 2.37. The molecule has 0 saturated carbocycles. The number of ether oxygens (including phenoxy) is 1. The van der Waals surface area contributed by atoms with Crippen LogP contribution in [-0.2, 0) is 22.6 Å². The largest absolute Gasteiger partial charge is 0.369 e. The lowest BCUT2D eigenvalue weighted by Gasteiger charge is -2.13. The average molecular weight is 264 g/mol. The van der Waals surface area contributed by atoms with Crippen molar-refractivity contribution in [2.75, 3.05) is 20.7 Å². The summed E-state index contributed by atoms with van der Waals surface area (Å²) in [7, 11) is 4.09. The van der Waals surface area contributed by atoms with Gasteiger partial charge in [0, 0.05) is 19.7 Å². The number of amides is 1. The first-order valence-electron chi connectivity index (χ1n) is 6.64. The number of hydrogen-bond donors (Lipinski definition) is 1. The van der Waals surface area contributed by atoms with Crippen LogP contribution in [0.1, 0.15) is 25.0 Å². The highest BCUT2D eigenvalue weighted by molar-refractivity contribution is 5.80. The number of nitrogens with one attached hydrogen (secondary N) is 1. The van der Waals surface area contributed by atoms with Crippen molar-refractivity contribution in [3.8, 4) is 0 Å². The van der Waals surface area contributed by atoms with E-state index in [0.717, 1.165) is 12.1 Å². The molecular weight excluding hydrogens is 240 g/mol. The van der Waals surface area contributed by atoms with Crippen molar-refractivity contribution in [2.24, 2.45) is 0 Å². The molecule has 1 aromatic rings. The highest BCUT2D eigenvalue weighted by atomic mass is 16.5. The predicted octanol–water partition coefficient (Wildman–Crippen LogP) is 1.79. The molecule has 1 N–H and O–H groups in total. The fourth-order valence-corrected chi connectivity index (χ4v) is 1.79. The van der Waals surface area contributed by atoms with Gasteiger partial charge in [-0.2, -0.15) is 0 Å². The number of hydrogen-bond acceptors (Lipinski definition) is 3. The molecule has 1 atom stereocenters. The molecule has 1 rings (SSSR count). The number of carbonyl (C=O) groups excluding carboxylic acids is 1. The third-order valence-corrected chi connectivity index (χ3v) is 2.77. The van der Waals surface area contributed by atoms with Gasteiger partial charge in [-0.05, 0) is 39.1 Å². The molecule has 0 radical (unpaired) electrons. The Balaban J connectivity index is 2.43. The molecule has 4 heteroatoms. The van der Waals surface area contributed by atoms with E-state index in [-0.39, 0.29) is 5.91 Å². The third-order valence-electron chi connectivity index (χ3n) is 2.77. The van der Waals surface area contributed by atoms with Crippen molar-refractivity contribution in [2.45, 2.75) is 33.0 Å². The molecule has 19 heavy (non-hydrogen) atoms. The number of nitrogens with zero attached hydrogens (tertiary/aromatic N) is 1. The summed E-state index contributed by atoms with van der Waals surface area (Å²) < 4.78 is 5.24. The van der Waals surface area contributed by atoms with Gasteiger partial charge in [-0.25, -0.2) is 0 Å². The lowest BCUT2D eigenvalue weighted by molar-refractivity contribution is -0.131. The summed E-state index contributed by atoms with van der Waals surface area (Å²) in [6, 6.07) is 8.27. The van der Waals surface area contributed by atoms with Gasteiger partial charge < -0.3 is 15.0 Å². The van der Waals surface area contributed by atoms with E-state index in [1.807, 2.05) is 33.2 Å². The lowest BCUT2D eigenvalue weighted by Crippen LogP contribution is -2.34. The minimum Gasteiger partial charge on any atom is -0.369 e. The Morgan fingerprint density at radius 1 is 1.26 bits per heavy atom. The second kappa shape index (κ2) is 7.92. The predicted molar refractivity (Wildman–Crippen MR) is 76.8 cm³/mol. The Morgan fingerprint density at radius 2 is 1.84 bits per heavy atom. The molecule has 0 aliphatic heterocycles. The van der Waals surface area contributed by atoms with Gasteiger partial charge in [-0.3, -0.25) is 4.79 Å². The quantitative estimate of drug-likeness (QED) is 0.816. The Labute approximate surface area is 115 Å². The first-order valence-corrected chi connectivity index (χ1v) is 6.64. The second-order valence-corrected chi connectivity index (χ2v) is 4.87. The van der Waals surface area contributed by atoms with E-state index in [9.17, 15) is 4.79 Å². The molecule has 106 valence electrons. The van der Waals surface area contributed by atoms with E-state index < -0.39 is 6.10 Å². The highest BCUT2D eigenvalue weighted by Crippen LogP contribution is 2.06. The zero-order valence-corrected chi connectivity index (χ0v) is 12.3. The highest BCUT2D eigenvalue weighted by Gasteiger charge is 2.11. The molecule has 0 fully saturated rings. The van der Waals surface area contributed by atoms with E-state index in [0.29, 0.717) is 13.2 Å². The Hall–Kier alpha value is -1.39. The Bertz CT molecular complexity index is 388. The van der Waals surface area contributed by atoms with Crippen LogP contribution in [0.4, 0.5) is 0 Å². The van der Waals surface area contributed by atoms with E-state index in [1.165, 1.54) is 5.56 Å². The molecule has 0 bridgehead atoms. The summed E-state index contributed by atoms with van der Waals surface area (Å²) in [5.41, 5.74) is 2.36. The molecule has 0 aliphatic carbocycles. The minimum absolute atomic E-state index is 0.0702. The van der Waals surface area contributed by atoms with Gasteiger partial charge in [0.2, 0.25) is 5.91 Å². The second-order valence-electron chi connectivity index (χ2n) is 4.87.